The van der Waals surface area contributed by atoms with E-state index < -0.39 is 0 Å². The predicted octanol–water partition coefficient (Wildman–Crippen LogP) is 2.29. The summed E-state index contributed by atoms with van der Waals surface area (Å²) in [5.41, 5.74) is 0. The first-order valence-electron chi connectivity index (χ1n) is 4.78. The minimum Gasteiger partial charge on any atom is -0.349 e. The Morgan fingerprint density at radius 1 is 1.33 bits per heavy atom. The number of hydrogen-bond acceptors (Lipinski definition) is 1. The molecule has 0 spiro atoms. The van der Waals surface area contributed by atoms with Crippen molar-refractivity contribution in [1.29, 1.82) is 0 Å². The van der Waals surface area contributed by atoms with Crippen LogP contribution in [0.15, 0.2) is 0 Å². The van der Waals surface area contributed by atoms with Crippen LogP contribution in [-0.2, 0) is 4.79 Å². The Kier molecular flexibility index (Phi) is 5.77. The topological polar surface area (TPSA) is 20.3 Å². The highest BCUT2D eigenvalue weighted by Gasteiger charge is 2.06. The van der Waals surface area contributed by atoms with E-state index in [-0.39, 0.29) is 5.91 Å². The lowest BCUT2D eigenvalue weighted by Gasteiger charge is -2.12. The molecule has 0 N–H and O–H groups in total. The molecule has 0 fully saturated rings. The highest BCUT2D eigenvalue weighted by atomic mass is 16.2. The van der Waals surface area contributed by atoms with Gasteiger partial charge in [-0.2, -0.15) is 0 Å². The molecule has 1 atom stereocenters. The van der Waals surface area contributed by atoms with E-state index in [2.05, 4.69) is 13.8 Å². The van der Waals surface area contributed by atoms with E-state index in [1.54, 1.807) is 4.90 Å². The molecule has 0 radical (unpaired) electrons. The molecule has 0 aliphatic heterocycles. The number of rotatable bonds is 5. The fraction of sp³-hybridized carbons (Fsp3) is 0.900. The molecule has 0 heterocycles. The van der Waals surface area contributed by atoms with Crippen molar-refractivity contribution < 1.29 is 4.79 Å². The van der Waals surface area contributed by atoms with Gasteiger partial charge in [-0.3, -0.25) is 4.79 Å². The van der Waals surface area contributed by atoms with Gasteiger partial charge in [0.1, 0.15) is 0 Å². The first kappa shape index (κ1) is 11.5. The Morgan fingerprint density at radius 2 is 1.92 bits per heavy atom. The third-order valence-electron chi connectivity index (χ3n) is 2.13. The quantitative estimate of drug-likeness (QED) is 0.621. The van der Waals surface area contributed by atoms with Crippen molar-refractivity contribution in [3.05, 3.63) is 0 Å². The Labute approximate surface area is 75.9 Å². The third kappa shape index (κ3) is 5.16. The molecule has 0 aromatic carbocycles. The van der Waals surface area contributed by atoms with Gasteiger partial charge in [0.15, 0.2) is 0 Å². The SMILES string of the molecule is CCCC(C)CCC(=O)N(C)C. The van der Waals surface area contributed by atoms with Gasteiger partial charge in [0, 0.05) is 20.5 Å². The standard InChI is InChI=1S/C10H21NO/c1-5-6-9(2)7-8-10(12)11(3)4/h9H,5-8H2,1-4H3. The molecule has 0 rings (SSSR count). The summed E-state index contributed by atoms with van der Waals surface area (Å²) in [6.45, 7) is 4.40. The van der Waals surface area contributed by atoms with Gasteiger partial charge in [-0.1, -0.05) is 26.7 Å². The van der Waals surface area contributed by atoms with Gasteiger partial charge in [-0.05, 0) is 12.3 Å². The number of hydrogen-bond donors (Lipinski definition) is 0. The summed E-state index contributed by atoms with van der Waals surface area (Å²) in [5.74, 6) is 0.942. The normalized spacial score (nSPS) is 12.7. The minimum atomic E-state index is 0.248. The van der Waals surface area contributed by atoms with E-state index in [1.165, 1.54) is 12.8 Å². The molecular weight excluding hydrogens is 150 g/mol. The number of carbonyl (C=O) groups excluding carboxylic acids is 1. The summed E-state index contributed by atoms with van der Waals surface area (Å²) >= 11 is 0. The van der Waals surface area contributed by atoms with E-state index in [0.29, 0.717) is 12.3 Å². The molecule has 1 amide bonds. The van der Waals surface area contributed by atoms with Crippen LogP contribution in [0, 0.1) is 5.92 Å². The second kappa shape index (κ2) is 6.04. The Morgan fingerprint density at radius 3 is 2.33 bits per heavy atom. The van der Waals surface area contributed by atoms with Gasteiger partial charge in [-0.15, -0.1) is 0 Å². The van der Waals surface area contributed by atoms with E-state index >= 15 is 0 Å². The highest BCUT2D eigenvalue weighted by Crippen LogP contribution is 2.12. The summed E-state index contributed by atoms with van der Waals surface area (Å²) in [6.07, 6.45) is 4.19. The molecule has 0 aliphatic rings. The van der Waals surface area contributed by atoms with Crippen molar-refractivity contribution in [2.24, 2.45) is 5.92 Å². The lowest BCUT2D eigenvalue weighted by atomic mass is 10.0. The van der Waals surface area contributed by atoms with Gasteiger partial charge in [0.2, 0.25) is 5.91 Å². The largest absolute Gasteiger partial charge is 0.349 e. The van der Waals surface area contributed by atoms with E-state index in [0.717, 1.165) is 6.42 Å². The van der Waals surface area contributed by atoms with Gasteiger partial charge in [-0.25, -0.2) is 0 Å². The molecule has 0 bridgehead atoms. The second-order valence-electron chi connectivity index (χ2n) is 3.72. The van der Waals surface area contributed by atoms with Crippen molar-refractivity contribution >= 4 is 5.91 Å². The molecule has 0 aromatic rings. The molecule has 12 heavy (non-hydrogen) atoms. The average molecular weight is 171 g/mol. The van der Waals surface area contributed by atoms with Crippen molar-refractivity contribution in [3.8, 4) is 0 Å². The monoisotopic (exact) mass is 171 g/mol. The average Bonchev–Trinajstić information content (AvgIpc) is 2.00. The van der Waals surface area contributed by atoms with Crippen LogP contribution in [0.1, 0.15) is 39.5 Å². The van der Waals surface area contributed by atoms with Gasteiger partial charge < -0.3 is 4.90 Å². The zero-order chi connectivity index (χ0) is 9.56. The predicted molar refractivity (Wildman–Crippen MR) is 52.0 cm³/mol. The molecule has 0 aliphatic carbocycles. The maximum atomic E-state index is 11.2. The zero-order valence-corrected chi connectivity index (χ0v) is 8.76. The Bertz CT molecular complexity index is 132. The van der Waals surface area contributed by atoms with Crippen LogP contribution in [0.3, 0.4) is 0 Å². The smallest absolute Gasteiger partial charge is 0.222 e. The van der Waals surface area contributed by atoms with E-state index in [1.807, 2.05) is 14.1 Å². The zero-order valence-electron chi connectivity index (χ0n) is 8.76. The van der Waals surface area contributed by atoms with Crippen LogP contribution in [0.25, 0.3) is 0 Å². The molecular formula is C10H21NO. The summed E-state index contributed by atoms with van der Waals surface area (Å²) in [6, 6.07) is 0. The number of nitrogens with zero attached hydrogens (tertiary/aromatic N) is 1. The van der Waals surface area contributed by atoms with Gasteiger partial charge >= 0.3 is 0 Å². The highest BCUT2D eigenvalue weighted by molar-refractivity contribution is 5.75. The summed E-state index contributed by atoms with van der Waals surface area (Å²) < 4.78 is 0. The van der Waals surface area contributed by atoms with E-state index in [9.17, 15) is 4.79 Å². The molecule has 72 valence electrons. The van der Waals surface area contributed by atoms with E-state index in [4.69, 9.17) is 0 Å². The maximum Gasteiger partial charge on any atom is 0.222 e. The molecule has 1 unspecified atom stereocenters. The second-order valence-corrected chi connectivity index (χ2v) is 3.72. The van der Waals surface area contributed by atoms with Crippen LogP contribution in [0.2, 0.25) is 0 Å². The van der Waals surface area contributed by atoms with Crippen molar-refractivity contribution in [2.75, 3.05) is 14.1 Å². The van der Waals surface area contributed by atoms with Crippen molar-refractivity contribution in [2.45, 2.75) is 39.5 Å². The first-order valence-corrected chi connectivity index (χ1v) is 4.78. The van der Waals surface area contributed by atoms with Gasteiger partial charge in [0.25, 0.3) is 0 Å². The van der Waals surface area contributed by atoms with Crippen LogP contribution in [0.4, 0.5) is 0 Å². The van der Waals surface area contributed by atoms with Crippen LogP contribution >= 0.6 is 0 Å². The van der Waals surface area contributed by atoms with Crippen molar-refractivity contribution in [3.63, 3.8) is 0 Å². The van der Waals surface area contributed by atoms with Crippen LogP contribution in [-0.4, -0.2) is 24.9 Å². The van der Waals surface area contributed by atoms with Crippen LogP contribution in [0.5, 0.6) is 0 Å². The maximum absolute atomic E-state index is 11.2. The molecule has 2 nitrogen and oxygen atoms in total. The summed E-state index contributed by atoms with van der Waals surface area (Å²) in [5, 5.41) is 0. The fourth-order valence-corrected chi connectivity index (χ4v) is 1.23. The van der Waals surface area contributed by atoms with Crippen molar-refractivity contribution in [1.82, 2.24) is 4.90 Å². The fourth-order valence-electron chi connectivity index (χ4n) is 1.23. The lowest BCUT2D eigenvalue weighted by molar-refractivity contribution is -0.128. The minimum absolute atomic E-state index is 0.248. The number of carbonyl (C=O) groups is 1. The number of amides is 1. The first-order chi connectivity index (χ1) is 5.57. The van der Waals surface area contributed by atoms with Crippen LogP contribution < -0.4 is 0 Å². The molecule has 0 aromatic heterocycles. The summed E-state index contributed by atoms with van der Waals surface area (Å²) in [7, 11) is 3.62. The summed E-state index contributed by atoms with van der Waals surface area (Å²) in [4.78, 5) is 12.8. The third-order valence-corrected chi connectivity index (χ3v) is 2.13. The molecule has 0 saturated heterocycles. The Hall–Kier alpha value is -0.530. The molecule has 2 heteroatoms. The lowest BCUT2D eigenvalue weighted by Crippen LogP contribution is -2.21. The molecule has 0 saturated carbocycles. The Balaban J connectivity index is 3.47. The van der Waals surface area contributed by atoms with Gasteiger partial charge in [0.05, 0.1) is 0 Å².